The summed E-state index contributed by atoms with van der Waals surface area (Å²) in [6, 6.07) is 9.60. The number of pyridine rings is 2. The SMILES string of the molecule is Cc1cn2cc(C(=O)N3C[C@@H]4C(Oc5cc(/C(N)=N\O)cc(-c6ccc(F)cc6)n5)[C@@H]4C3)cc(C(F)(F)F)c2n1. The van der Waals surface area contributed by atoms with Crippen LogP contribution in [0.1, 0.15) is 27.2 Å². The number of amides is 1. The lowest BCUT2D eigenvalue weighted by Gasteiger charge is -2.21. The van der Waals surface area contributed by atoms with Gasteiger partial charge in [-0.15, -0.1) is 0 Å². The Morgan fingerprint density at radius 2 is 1.77 bits per heavy atom. The zero-order valence-electron chi connectivity index (χ0n) is 20.9. The van der Waals surface area contributed by atoms with Gasteiger partial charge in [0.15, 0.2) is 5.84 Å². The van der Waals surface area contributed by atoms with Crippen LogP contribution in [-0.4, -0.2) is 55.4 Å². The number of aryl methyl sites for hydroxylation is 1. The third-order valence-corrected chi connectivity index (χ3v) is 7.23. The number of fused-ring (bicyclic) bond motifs is 2. The highest BCUT2D eigenvalue weighted by atomic mass is 19.4. The molecule has 6 rings (SSSR count). The van der Waals surface area contributed by atoms with Crippen LogP contribution in [0.5, 0.6) is 5.88 Å². The number of likely N-dealkylation sites (tertiary alicyclic amines) is 1. The number of carbonyl (C=O) groups is 1. The minimum atomic E-state index is -4.67. The van der Waals surface area contributed by atoms with Crippen molar-refractivity contribution in [2.45, 2.75) is 19.2 Å². The average molecular weight is 555 g/mol. The van der Waals surface area contributed by atoms with Crippen LogP contribution < -0.4 is 10.5 Å². The van der Waals surface area contributed by atoms with Crippen LogP contribution >= 0.6 is 0 Å². The fourth-order valence-electron chi connectivity index (χ4n) is 5.22. The molecule has 3 atom stereocenters. The van der Waals surface area contributed by atoms with E-state index in [1.807, 2.05) is 0 Å². The summed E-state index contributed by atoms with van der Waals surface area (Å²) in [5.41, 5.74) is 6.27. The van der Waals surface area contributed by atoms with Crippen LogP contribution in [0, 0.1) is 24.6 Å². The van der Waals surface area contributed by atoms with E-state index in [1.54, 1.807) is 25.1 Å². The molecule has 40 heavy (non-hydrogen) atoms. The molecule has 1 aliphatic carbocycles. The summed E-state index contributed by atoms with van der Waals surface area (Å²) in [5.74, 6) is -0.937. The highest BCUT2D eigenvalue weighted by molar-refractivity contribution is 5.98. The molecule has 1 aromatic carbocycles. The van der Waals surface area contributed by atoms with Gasteiger partial charge in [0, 0.05) is 54.5 Å². The number of rotatable bonds is 5. The maximum Gasteiger partial charge on any atom is 0.420 e. The normalized spacial score (nSPS) is 20.6. The smallest absolute Gasteiger partial charge is 0.420 e. The molecule has 4 heterocycles. The number of hydrogen-bond donors (Lipinski definition) is 2. The molecule has 206 valence electrons. The third-order valence-electron chi connectivity index (χ3n) is 7.23. The minimum absolute atomic E-state index is 0.0335. The van der Waals surface area contributed by atoms with Gasteiger partial charge in [-0.05, 0) is 43.3 Å². The lowest BCUT2D eigenvalue weighted by atomic mass is 10.1. The number of nitrogens with zero attached hydrogens (tertiary/aromatic N) is 5. The van der Waals surface area contributed by atoms with Gasteiger partial charge in [-0.2, -0.15) is 13.2 Å². The van der Waals surface area contributed by atoms with Crippen molar-refractivity contribution < 1.29 is 32.3 Å². The molecule has 4 aromatic rings. The maximum atomic E-state index is 13.7. The fraction of sp³-hybridized carbons (Fsp3) is 0.259. The highest BCUT2D eigenvalue weighted by Crippen LogP contribution is 2.48. The number of hydrogen-bond acceptors (Lipinski definition) is 6. The number of alkyl halides is 3. The predicted molar refractivity (Wildman–Crippen MR) is 134 cm³/mol. The molecular formula is C27H22F4N6O3. The standard InChI is InChI=1S/C27H22F4N6O3/c1-13-9-36-10-16(6-20(25(36)33-13)27(29,30)31)26(38)37-11-18-19(12-37)23(18)40-22-8-15(24(32)35-39)7-21(34-22)14-2-4-17(28)5-3-14/h2-10,18-19,23,39H,11-12H2,1H3,(H2,32,35)/t18-,19+,23?. The van der Waals surface area contributed by atoms with E-state index in [1.165, 1.54) is 39.9 Å². The second-order valence-corrected chi connectivity index (χ2v) is 9.95. The first-order chi connectivity index (χ1) is 19.0. The van der Waals surface area contributed by atoms with E-state index >= 15 is 0 Å². The molecule has 0 radical (unpaired) electrons. The number of aromatic nitrogens is 3. The Morgan fingerprint density at radius 3 is 2.42 bits per heavy atom. The molecule has 2 fully saturated rings. The van der Waals surface area contributed by atoms with Crippen LogP contribution in [0.25, 0.3) is 16.9 Å². The van der Waals surface area contributed by atoms with E-state index in [-0.39, 0.29) is 40.9 Å². The molecule has 1 amide bonds. The van der Waals surface area contributed by atoms with Crippen molar-refractivity contribution >= 4 is 17.4 Å². The lowest BCUT2D eigenvalue weighted by molar-refractivity contribution is -0.136. The first kappa shape index (κ1) is 25.6. The number of nitrogens with two attached hydrogens (primary N) is 1. The molecule has 0 bridgehead atoms. The topological polar surface area (TPSA) is 118 Å². The summed E-state index contributed by atoms with van der Waals surface area (Å²) in [6.45, 7) is 2.20. The van der Waals surface area contributed by atoms with Crippen LogP contribution in [0.15, 0.2) is 60.0 Å². The molecule has 1 unspecified atom stereocenters. The maximum absolute atomic E-state index is 13.7. The predicted octanol–water partition coefficient (Wildman–Crippen LogP) is 4.11. The molecule has 1 saturated heterocycles. The Hall–Kier alpha value is -4.68. The van der Waals surface area contributed by atoms with Crippen LogP contribution in [0.4, 0.5) is 17.6 Å². The van der Waals surface area contributed by atoms with Crippen molar-refractivity contribution in [2.75, 3.05) is 13.1 Å². The quantitative estimate of drug-likeness (QED) is 0.126. The number of ether oxygens (including phenoxy) is 1. The monoisotopic (exact) mass is 554 g/mol. The molecule has 1 aliphatic heterocycles. The van der Waals surface area contributed by atoms with E-state index in [9.17, 15) is 22.4 Å². The Kier molecular flexibility index (Phi) is 5.89. The first-order valence-electron chi connectivity index (χ1n) is 12.3. The summed E-state index contributed by atoms with van der Waals surface area (Å²) in [6.07, 6.45) is -2.13. The Bertz CT molecular complexity index is 1660. The molecular weight excluding hydrogens is 532 g/mol. The molecule has 2 aliphatic rings. The van der Waals surface area contributed by atoms with Gasteiger partial charge in [-0.3, -0.25) is 4.79 Å². The molecule has 3 aromatic heterocycles. The van der Waals surface area contributed by atoms with Crippen LogP contribution in [0.2, 0.25) is 0 Å². The van der Waals surface area contributed by atoms with Crippen LogP contribution in [0.3, 0.4) is 0 Å². The number of carbonyl (C=O) groups excluding carboxylic acids is 1. The number of imidazole rings is 1. The van der Waals surface area contributed by atoms with Crippen molar-refractivity contribution in [3.63, 3.8) is 0 Å². The van der Waals surface area contributed by atoms with Crippen molar-refractivity contribution in [1.29, 1.82) is 0 Å². The first-order valence-corrected chi connectivity index (χ1v) is 12.3. The zero-order chi connectivity index (χ0) is 28.3. The van der Waals surface area contributed by atoms with E-state index in [0.29, 0.717) is 35.6 Å². The van der Waals surface area contributed by atoms with Gasteiger partial charge in [0.25, 0.3) is 5.91 Å². The molecule has 13 heteroatoms. The number of piperidine rings is 1. The van der Waals surface area contributed by atoms with Crippen molar-refractivity contribution in [2.24, 2.45) is 22.7 Å². The van der Waals surface area contributed by atoms with Gasteiger partial charge in [-0.1, -0.05) is 5.16 Å². The summed E-state index contributed by atoms with van der Waals surface area (Å²) >= 11 is 0. The number of halogens is 4. The van der Waals surface area contributed by atoms with E-state index < -0.39 is 23.5 Å². The largest absolute Gasteiger partial charge is 0.474 e. The minimum Gasteiger partial charge on any atom is -0.474 e. The van der Waals surface area contributed by atoms with Crippen molar-refractivity contribution in [3.05, 3.63) is 83.1 Å². The average Bonchev–Trinajstić information content (AvgIpc) is 3.22. The Morgan fingerprint density at radius 1 is 1.07 bits per heavy atom. The molecule has 3 N–H and O–H groups in total. The summed E-state index contributed by atoms with van der Waals surface area (Å²) < 4.78 is 61.8. The van der Waals surface area contributed by atoms with E-state index in [4.69, 9.17) is 15.7 Å². The van der Waals surface area contributed by atoms with E-state index in [2.05, 4.69) is 15.1 Å². The van der Waals surface area contributed by atoms with Gasteiger partial charge in [0.05, 0.1) is 22.5 Å². The molecule has 9 nitrogen and oxygen atoms in total. The lowest BCUT2D eigenvalue weighted by Crippen LogP contribution is -2.33. The van der Waals surface area contributed by atoms with Gasteiger partial charge >= 0.3 is 6.18 Å². The van der Waals surface area contributed by atoms with Gasteiger partial charge < -0.3 is 25.0 Å². The second-order valence-electron chi connectivity index (χ2n) is 9.95. The third kappa shape index (κ3) is 4.56. The van der Waals surface area contributed by atoms with Crippen molar-refractivity contribution in [3.8, 4) is 17.1 Å². The van der Waals surface area contributed by atoms with Crippen molar-refractivity contribution in [1.82, 2.24) is 19.3 Å². The summed E-state index contributed by atoms with van der Waals surface area (Å²) in [4.78, 5) is 23.1. The number of oxime groups is 1. The Balaban J connectivity index is 1.19. The zero-order valence-corrected chi connectivity index (χ0v) is 20.9. The summed E-state index contributed by atoms with van der Waals surface area (Å²) in [5, 5.41) is 12.2. The van der Waals surface area contributed by atoms with Gasteiger partial charge in [0.2, 0.25) is 5.88 Å². The number of amidine groups is 1. The Labute approximate surface area is 224 Å². The highest BCUT2D eigenvalue weighted by Gasteiger charge is 2.59. The second kappa shape index (κ2) is 9.21. The van der Waals surface area contributed by atoms with Gasteiger partial charge in [0.1, 0.15) is 17.6 Å². The molecule has 1 saturated carbocycles. The van der Waals surface area contributed by atoms with Crippen LogP contribution in [-0.2, 0) is 6.18 Å². The molecule has 0 spiro atoms. The number of benzene rings is 1. The summed E-state index contributed by atoms with van der Waals surface area (Å²) in [7, 11) is 0. The van der Waals surface area contributed by atoms with Gasteiger partial charge in [-0.25, -0.2) is 14.4 Å². The fourth-order valence-corrected chi connectivity index (χ4v) is 5.22. The van der Waals surface area contributed by atoms with E-state index in [0.717, 1.165) is 6.07 Å².